The van der Waals surface area contributed by atoms with E-state index in [0.29, 0.717) is 34.7 Å². The van der Waals surface area contributed by atoms with Crippen molar-refractivity contribution >= 4 is 52.0 Å². The van der Waals surface area contributed by atoms with Crippen molar-refractivity contribution in [1.82, 2.24) is 10.2 Å². The maximum atomic E-state index is 14.3. The molecule has 47 heavy (non-hydrogen) atoms. The molecule has 0 radical (unpaired) electrons. The summed E-state index contributed by atoms with van der Waals surface area (Å²) in [6.45, 7) is 5.58. The minimum atomic E-state index is -0.905. The van der Waals surface area contributed by atoms with Crippen molar-refractivity contribution in [2.45, 2.75) is 50.3 Å². The number of β-lactam (4-membered cyclic amide) rings is 1. The Balaban J connectivity index is 1.35. The van der Waals surface area contributed by atoms with E-state index in [1.165, 1.54) is 28.0 Å². The average Bonchev–Trinajstić information content (AvgIpc) is 3.67. The molecule has 1 N–H and O–H groups in total. The average molecular weight is 669 g/mol. The van der Waals surface area contributed by atoms with Crippen molar-refractivity contribution in [3.63, 3.8) is 0 Å². The third-order valence-electron chi connectivity index (χ3n) is 7.78. The molecule has 2 saturated heterocycles. The highest BCUT2D eigenvalue weighted by molar-refractivity contribution is 8.00. The normalized spacial score (nSPS) is 20.2. The first kappa shape index (κ1) is 32.1. The van der Waals surface area contributed by atoms with Gasteiger partial charge in [-0.05, 0) is 61.4 Å². The first-order valence-corrected chi connectivity index (χ1v) is 17.0. The molecule has 2 atom stereocenters. The Morgan fingerprint density at radius 2 is 1.70 bits per heavy atom. The molecule has 0 spiro atoms. The number of allylic oxidation sites excluding steroid dienone is 1. The molecule has 2 aromatic carbocycles. The fourth-order valence-electron chi connectivity index (χ4n) is 5.67. The van der Waals surface area contributed by atoms with Crippen molar-refractivity contribution in [2.24, 2.45) is 0 Å². The molecule has 0 saturated carbocycles. The largest absolute Gasteiger partial charge is 0.448 e. The number of carbonyl (C=O) groups excluding carboxylic acids is 4. The van der Waals surface area contributed by atoms with Gasteiger partial charge in [-0.1, -0.05) is 60.7 Å². The number of thiophene rings is 1. The van der Waals surface area contributed by atoms with Gasteiger partial charge in [0, 0.05) is 17.9 Å². The molecule has 12 heteroatoms. The number of thioether (sulfide) groups is 1. The van der Waals surface area contributed by atoms with Gasteiger partial charge < -0.3 is 14.8 Å². The highest BCUT2D eigenvalue weighted by Crippen LogP contribution is 2.43. The molecule has 6 rings (SSSR count). The Morgan fingerprint density at radius 1 is 1.04 bits per heavy atom. The van der Waals surface area contributed by atoms with E-state index in [9.17, 15) is 24.4 Å². The van der Waals surface area contributed by atoms with E-state index in [1.807, 2.05) is 60.7 Å². The summed E-state index contributed by atoms with van der Waals surface area (Å²) in [5, 5.41) is 13.9. The first-order valence-electron chi connectivity index (χ1n) is 15.0. The van der Waals surface area contributed by atoms with E-state index >= 15 is 0 Å². The van der Waals surface area contributed by atoms with Gasteiger partial charge in [0.15, 0.2) is 6.10 Å². The molecule has 3 amide bonds. The van der Waals surface area contributed by atoms with Crippen molar-refractivity contribution < 1.29 is 28.7 Å². The number of rotatable bonds is 7. The van der Waals surface area contributed by atoms with E-state index < -0.39 is 41.1 Å². The molecule has 0 aliphatic carbocycles. The van der Waals surface area contributed by atoms with Crippen molar-refractivity contribution in [1.29, 1.82) is 5.26 Å². The van der Waals surface area contributed by atoms with E-state index in [-0.39, 0.29) is 17.4 Å². The predicted octanol–water partition coefficient (Wildman–Crippen LogP) is 5.68. The molecule has 240 valence electrons. The number of nitrogens with one attached hydrogen (secondary N) is 1. The van der Waals surface area contributed by atoms with Gasteiger partial charge in [-0.25, -0.2) is 9.59 Å². The van der Waals surface area contributed by atoms with E-state index in [1.54, 1.807) is 43.2 Å². The molecule has 3 aliphatic rings. The molecule has 1 aromatic heterocycles. The Labute approximate surface area is 280 Å². The smallest absolute Gasteiger partial charge is 0.408 e. The second kappa shape index (κ2) is 13.1. The predicted molar refractivity (Wildman–Crippen MR) is 178 cm³/mol. The van der Waals surface area contributed by atoms with Gasteiger partial charge in [0.1, 0.15) is 33.8 Å². The summed E-state index contributed by atoms with van der Waals surface area (Å²) < 4.78 is 11.6. The third-order valence-corrected chi connectivity index (χ3v) is 10.0. The van der Waals surface area contributed by atoms with Crippen LogP contribution < -0.4 is 10.2 Å². The zero-order valence-corrected chi connectivity index (χ0v) is 27.6. The zero-order valence-electron chi connectivity index (χ0n) is 26.0. The molecule has 2 fully saturated rings. The molecular formula is C35H32N4O6S2. The Kier molecular flexibility index (Phi) is 8.94. The number of nitrogens with zero attached hydrogens (tertiary/aromatic N) is 3. The molecule has 0 unspecified atom stereocenters. The van der Waals surface area contributed by atoms with Crippen LogP contribution >= 0.6 is 23.1 Å². The van der Waals surface area contributed by atoms with Crippen molar-refractivity contribution in [3.8, 4) is 6.07 Å². The molecule has 3 aromatic rings. The van der Waals surface area contributed by atoms with E-state index in [0.717, 1.165) is 11.1 Å². The summed E-state index contributed by atoms with van der Waals surface area (Å²) >= 11 is 2.69. The number of nitriles is 1. The van der Waals surface area contributed by atoms with Crippen LogP contribution in [0.4, 0.5) is 9.80 Å². The van der Waals surface area contributed by atoms with Crippen LogP contribution in [-0.2, 0) is 23.9 Å². The van der Waals surface area contributed by atoms with Crippen LogP contribution in [0.15, 0.2) is 95.0 Å². The third kappa shape index (κ3) is 6.54. The lowest BCUT2D eigenvalue weighted by Gasteiger charge is -2.49. The number of alkyl carbamates (subject to hydrolysis) is 1. The maximum absolute atomic E-state index is 14.3. The summed E-state index contributed by atoms with van der Waals surface area (Å²) in [5.74, 6) is -1.19. The number of benzene rings is 2. The number of esters is 1. The Hall–Kier alpha value is -4.86. The minimum Gasteiger partial charge on any atom is -0.448 e. The van der Waals surface area contributed by atoms with Crippen LogP contribution in [0.3, 0.4) is 0 Å². The van der Waals surface area contributed by atoms with Crippen LogP contribution in [0.2, 0.25) is 0 Å². The lowest BCUT2D eigenvalue weighted by Crippen LogP contribution is -2.70. The fourth-order valence-corrected chi connectivity index (χ4v) is 7.85. The molecular weight excluding hydrogens is 637 g/mol. The summed E-state index contributed by atoms with van der Waals surface area (Å²) in [6, 6.07) is 21.5. The van der Waals surface area contributed by atoms with Crippen molar-refractivity contribution in [2.75, 3.05) is 17.2 Å². The minimum absolute atomic E-state index is 0.0328. The summed E-state index contributed by atoms with van der Waals surface area (Å²) in [7, 11) is 0. The van der Waals surface area contributed by atoms with Gasteiger partial charge in [0.05, 0.1) is 5.56 Å². The summed E-state index contributed by atoms with van der Waals surface area (Å²) in [6.07, 6.45) is 0.573. The quantitative estimate of drug-likeness (QED) is 0.194. The summed E-state index contributed by atoms with van der Waals surface area (Å²) in [5.41, 5.74) is 2.13. The molecule has 0 bridgehead atoms. The maximum Gasteiger partial charge on any atom is 0.408 e. The second-order valence-electron chi connectivity index (χ2n) is 12.1. The van der Waals surface area contributed by atoms with E-state index in [4.69, 9.17) is 9.47 Å². The van der Waals surface area contributed by atoms with Crippen LogP contribution in [0.5, 0.6) is 0 Å². The number of ether oxygens (including phenoxy) is 2. The van der Waals surface area contributed by atoms with Crippen molar-refractivity contribution in [3.05, 3.63) is 112 Å². The van der Waals surface area contributed by atoms with Crippen LogP contribution in [-0.4, -0.2) is 58.1 Å². The number of amides is 3. The SMILES string of the molecule is CC(C)(C)OC(=O)N[C@@H]1C(=O)N2C(C(=O)OC(c3ccccc3)c3ccccc3)=C(C=C3CCN(c4sccc4C#N)C3=O)CS[C@H]12. The Bertz CT molecular complexity index is 1780. The standard InChI is InChI=1S/C35H32N4O6S2/c1-35(2,3)45-34(43)37-26-30(41)39-27(33(42)44-28(21-10-6-4-7-11-21)22-12-8-5-9-13-22)25(20-47-32(26)39)18-23-14-16-38(29(23)40)31-24(19-36)15-17-46-31/h4-13,15,17-18,26,28,32H,14,16,20H2,1-3H3,(H,37,43)/t26-,32-/m1/s1. The highest BCUT2D eigenvalue weighted by Gasteiger charge is 2.55. The zero-order chi connectivity index (χ0) is 33.3. The van der Waals surface area contributed by atoms with Gasteiger partial charge in [-0.3, -0.25) is 19.4 Å². The number of carbonyl (C=O) groups is 4. The van der Waals surface area contributed by atoms with Crippen LogP contribution in [0, 0.1) is 11.3 Å². The van der Waals surface area contributed by atoms with Gasteiger partial charge in [0.2, 0.25) is 0 Å². The van der Waals surface area contributed by atoms with Gasteiger partial charge in [-0.2, -0.15) is 5.26 Å². The summed E-state index contributed by atoms with van der Waals surface area (Å²) in [4.78, 5) is 56.9. The van der Waals surface area contributed by atoms with Gasteiger partial charge >= 0.3 is 12.1 Å². The lowest BCUT2D eigenvalue weighted by molar-refractivity contribution is -0.153. The second-order valence-corrected chi connectivity index (χ2v) is 14.1. The van der Waals surface area contributed by atoms with Crippen LogP contribution in [0.25, 0.3) is 0 Å². The highest BCUT2D eigenvalue weighted by atomic mass is 32.2. The number of hydrogen-bond donors (Lipinski definition) is 1. The molecule has 3 aliphatic heterocycles. The van der Waals surface area contributed by atoms with Gasteiger partial charge in [-0.15, -0.1) is 23.1 Å². The fraction of sp³-hybridized carbons (Fsp3) is 0.286. The molecule has 10 nitrogen and oxygen atoms in total. The van der Waals surface area contributed by atoms with E-state index in [2.05, 4.69) is 11.4 Å². The number of hydrogen-bond acceptors (Lipinski definition) is 9. The molecule has 4 heterocycles. The first-order chi connectivity index (χ1) is 22.6. The topological polar surface area (TPSA) is 129 Å². The van der Waals surface area contributed by atoms with Crippen LogP contribution in [0.1, 0.15) is 50.0 Å². The monoisotopic (exact) mass is 668 g/mol. The Morgan fingerprint density at radius 3 is 2.32 bits per heavy atom. The number of fused-ring (bicyclic) bond motifs is 1. The number of anilines is 1. The lowest BCUT2D eigenvalue weighted by atomic mass is 10.00. The van der Waals surface area contributed by atoms with Gasteiger partial charge in [0.25, 0.3) is 11.8 Å².